The highest BCUT2D eigenvalue weighted by atomic mass is 32.1. The van der Waals surface area contributed by atoms with Crippen LogP contribution in [0.2, 0.25) is 0 Å². The van der Waals surface area contributed by atoms with Crippen LogP contribution in [0.4, 0.5) is 5.69 Å². The molecule has 1 aliphatic heterocycles. The molecule has 3 rings (SSSR count). The summed E-state index contributed by atoms with van der Waals surface area (Å²) in [6.45, 7) is 5.73. The van der Waals surface area contributed by atoms with Gasteiger partial charge in [0.25, 0.3) is 0 Å². The largest absolute Gasteiger partial charge is 0.497 e. The third kappa shape index (κ3) is 6.47. The van der Waals surface area contributed by atoms with E-state index in [1.54, 1.807) is 18.4 Å². The van der Waals surface area contributed by atoms with Gasteiger partial charge in [0.15, 0.2) is 0 Å². The van der Waals surface area contributed by atoms with Crippen molar-refractivity contribution in [3.63, 3.8) is 0 Å². The molecule has 156 valence electrons. The highest BCUT2D eigenvalue weighted by Crippen LogP contribution is 2.20. The number of ether oxygens (including phenoxy) is 1. The molecule has 0 unspecified atom stereocenters. The maximum atomic E-state index is 11.9. The summed E-state index contributed by atoms with van der Waals surface area (Å²) >= 11 is 1.55. The molecule has 0 spiro atoms. The Labute approximate surface area is 175 Å². The highest BCUT2D eigenvalue weighted by molar-refractivity contribution is 7.09. The van der Waals surface area contributed by atoms with E-state index in [9.17, 15) is 9.59 Å². The lowest BCUT2D eigenvalue weighted by molar-refractivity contribution is -0.139. The molecule has 1 saturated heterocycles. The first-order chi connectivity index (χ1) is 14.2. The summed E-state index contributed by atoms with van der Waals surface area (Å²) in [5.74, 6) is -0.271. The summed E-state index contributed by atoms with van der Waals surface area (Å²) in [5.41, 5.74) is 1.21. The van der Waals surface area contributed by atoms with Gasteiger partial charge in [0.2, 0.25) is 0 Å². The molecule has 1 aliphatic rings. The van der Waals surface area contributed by atoms with E-state index in [1.165, 1.54) is 5.69 Å². The average Bonchev–Trinajstić information content (AvgIpc) is 3.29. The molecule has 0 aliphatic carbocycles. The summed E-state index contributed by atoms with van der Waals surface area (Å²) < 4.78 is 5.21. The van der Waals surface area contributed by atoms with Gasteiger partial charge < -0.3 is 20.3 Å². The fourth-order valence-corrected chi connectivity index (χ4v) is 3.91. The van der Waals surface area contributed by atoms with Crippen LogP contribution in [0.5, 0.6) is 5.75 Å². The Morgan fingerprint density at radius 1 is 1.03 bits per heavy atom. The van der Waals surface area contributed by atoms with Crippen molar-refractivity contribution in [2.75, 3.05) is 51.3 Å². The molecule has 2 heterocycles. The smallest absolute Gasteiger partial charge is 0.309 e. The second-order valence-corrected chi connectivity index (χ2v) is 7.93. The number of methoxy groups -OCH3 is 1. The van der Waals surface area contributed by atoms with Gasteiger partial charge in [-0.2, -0.15) is 0 Å². The van der Waals surface area contributed by atoms with Crippen molar-refractivity contribution in [3.8, 4) is 5.75 Å². The van der Waals surface area contributed by atoms with Crippen LogP contribution in [0.15, 0.2) is 41.8 Å². The maximum Gasteiger partial charge on any atom is 0.309 e. The van der Waals surface area contributed by atoms with Crippen LogP contribution in [0, 0.1) is 0 Å². The first-order valence-electron chi connectivity index (χ1n) is 9.85. The Morgan fingerprint density at radius 3 is 2.41 bits per heavy atom. The van der Waals surface area contributed by atoms with E-state index < -0.39 is 11.8 Å². The number of piperazine rings is 1. The Balaban J connectivity index is 1.28. The molecule has 2 amide bonds. The maximum absolute atomic E-state index is 11.9. The zero-order chi connectivity index (χ0) is 20.5. The SMILES string of the molecule is COc1ccc(N2CCN(CCCNC(=O)C(=O)NCc3cccs3)CC2)cc1. The van der Waals surface area contributed by atoms with Crippen molar-refractivity contribution < 1.29 is 14.3 Å². The Morgan fingerprint density at radius 2 is 1.76 bits per heavy atom. The summed E-state index contributed by atoms with van der Waals surface area (Å²) in [7, 11) is 1.67. The van der Waals surface area contributed by atoms with Gasteiger partial charge >= 0.3 is 11.8 Å². The van der Waals surface area contributed by atoms with Crippen molar-refractivity contribution in [1.82, 2.24) is 15.5 Å². The van der Waals surface area contributed by atoms with Gasteiger partial charge in [-0.3, -0.25) is 14.5 Å². The Hall–Kier alpha value is -2.58. The van der Waals surface area contributed by atoms with Gasteiger partial charge in [0.05, 0.1) is 13.7 Å². The monoisotopic (exact) mass is 416 g/mol. The number of nitrogens with zero attached hydrogens (tertiary/aromatic N) is 2. The zero-order valence-electron chi connectivity index (χ0n) is 16.7. The second-order valence-electron chi connectivity index (χ2n) is 6.90. The molecule has 1 aromatic carbocycles. The molecule has 2 aromatic rings. The van der Waals surface area contributed by atoms with Crippen molar-refractivity contribution in [2.24, 2.45) is 0 Å². The number of hydrogen-bond donors (Lipinski definition) is 2. The van der Waals surface area contributed by atoms with Crippen LogP contribution < -0.4 is 20.3 Å². The van der Waals surface area contributed by atoms with Crippen molar-refractivity contribution in [3.05, 3.63) is 46.7 Å². The van der Waals surface area contributed by atoms with E-state index in [4.69, 9.17) is 4.74 Å². The average molecular weight is 417 g/mol. The lowest BCUT2D eigenvalue weighted by Gasteiger charge is -2.36. The van der Waals surface area contributed by atoms with Crippen LogP contribution in [-0.2, 0) is 16.1 Å². The number of rotatable bonds is 8. The van der Waals surface area contributed by atoms with E-state index in [2.05, 4.69) is 32.6 Å². The minimum absolute atomic E-state index is 0.391. The zero-order valence-corrected chi connectivity index (χ0v) is 17.5. The number of thiophene rings is 1. The summed E-state index contributed by atoms with van der Waals surface area (Å²) in [6.07, 6.45) is 0.826. The van der Waals surface area contributed by atoms with Crippen molar-refractivity contribution in [1.29, 1.82) is 0 Å². The molecule has 8 heteroatoms. The minimum atomic E-state index is -0.577. The first-order valence-corrected chi connectivity index (χ1v) is 10.7. The molecular formula is C21H28N4O3S. The number of benzene rings is 1. The fraction of sp³-hybridized carbons (Fsp3) is 0.429. The number of amides is 2. The topological polar surface area (TPSA) is 73.9 Å². The van der Waals surface area contributed by atoms with Crippen molar-refractivity contribution >= 4 is 28.8 Å². The van der Waals surface area contributed by atoms with E-state index >= 15 is 0 Å². The molecule has 0 bridgehead atoms. The molecule has 0 saturated carbocycles. The predicted octanol–water partition coefficient (Wildman–Crippen LogP) is 1.70. The van der Waals surface area contributed by atoms with E-state index in [1.807, 2.05) is 29.6 Å². The van der Waals surface area contributed by atoms with Crippen molar-refractivity contribution in [2.45, 2.75) is 13.0 Å². The molecule has 0 radical (unpaired) electrons. The van der Waals surface area contributed by atoms with Gasteiger partial charge in [-0.05, 0) is 48.7 Å². The fourth-order valence-electron chi connectivity index (χ4n) is 3.27. The first kappa shape index (κ1) is 21.1. The van der Waals surface area contributed by atoms with Crippen LogP contribution in [0.25, 0.3) is 0 Å². The lowest BCUT2D eigenvalue weighted by Crippen LogP contribution is -2.47. The second kappa shape index (κ2) is 10.8. The van der Waals surface area contributed by atoms with Crippen LogP contribution in [0.1, 0.15) is 11.3 Å². The minimum Gasteiger partial charge on any atom is -0.497 e. The van der Waals surface area contributed by atoms with Gasteiger partial charge in [-0.15, -0.1) is 11.3 Å². The third-order valence-corrected chi connectivity index (χ3v) is 5.83. The lowest BCUT2D eigenvalue weighted by atomic mass is 10.2. The number of nitrogens with one attached hydrogen (secondary N) is 2. The highest BCUT2D eigenvalue weighted by Gasteiger charge is 2.17. The molecular weight excluding hydrogens is 388 g/mol. The van der Waals surface area contributed by atoms with E-state index in [0.29, 0.717) is 13.1 Å². The molecule has 1 fully saturated rings. The number of carbonyl (C=O) groups is 2. The third-order valence-electron chi connectivity index (χ3n) is 4.96. The van der Waals surface area contributed by atoms with Gasteiger partial charge in [-0.1, -0.05) is 6.07 Å². The quantitative estimate of drug-likeness (QED) is 0.506. The Kier molecular flexibility index (Phi) is 7.89. The predicted molar refractivity (Wildman–Crippen MR) is 115 cm³/mol. The standard InChI is InChI=1S/C21H28N4O3S/c1-28-18-7-5-17(6-8-18)25-13-11-24(12-14-25)10-3-9-22-20(26)21(27)23-16-19-4-2-15-29-19/h2,4-8,15H,3,9-14,16H2,1H3,(H,22,26)(H,23,27). The number of anilines is 1. The normalized spacial score (nSPS) is 14.4. The number of hydrogen-bond acceptors (Lipinski definition) is 6. The van der Waals surface area contributed by atoms with E-state index in [0.717, 1.165) is 49.8 Å². The van der Waals surface area contributed by atoms with Crippen LogP contribution in [0.3, 0.4) is 0 Å². The number of carbonyl (C=O) groups excluding carboxylic acids is 2. The van der Waals surface area contributed by atoms with Gasteiger partial charge in [-0.25, -0.2) is 0 Å². The summed E-state index contributed by atoms with van der Waals surface area (Å²) in [6, 6.07) is 12.0. The summed E-state index contributed by atoms with van der Waals surface area (Å²) in [5, 5.41) is 7.28. The van der Waals surface area contributed by atoms with Gasteiger partial charge in [0.1, 0.15) is 5.75 Å². The Bertz CT molecular complexity index is 772. The molecule has 2 N–H and O–H groups in total. The van der Waals surface area contributed by atoms with E-state index in [-0.39, 0.29) is 0 Å². The molecule has 0 atom stereocenters. The van der Waals surface area contributed by atoms with Crippen LogP contribution >= 0.6 is 11.3 Å². The van der Waals surface area contributed by atoms with Gasteiger partial charge in [0, 0.05) is 43.3 Å². The summed E-state index contributed by atoms with van der Waals surface area (Å²) in [4.78, 5) is 29.4. The molecule has 1 aromatic heterocycles. The molecule has 29 heavy (non-hydrogen) atoms. The molecule has 7 nitrogen and oxygen atoms in total. The van der Waals surface area contributed by atoms with Crippen LogP contribution in [-0.4, -0.2) is 63.1 Å².